The number of halogens is 2. The maximum atomic E-state index is 13.8. The van der Waals surface area contributed by atoms with Gasteiger partial charge in [0.25, 0.3) is 5.91 Å². The van der Waals surface area contributed by atoms with Crippen LogP contribution in [0, 0.1) is 11.6 Å². The fourth-order valence-corrected chi connectivity index (χ4v) is 3.38. The molecule has 0 unspecified atom stereocenters. The van der Waals surface area contributed by atoms with Crippen molar-refractivity contribution in [3.8, 4) is 0 Å². The molecule has 3 rings (SSSR count). The van der Waals surface area contributed by atoms with Gasteiger partial charge < -0.3 is 4.90 Å². The van der Waals surface area contributed by atoms with Gasteiger partial charge in [0, 0.05) is 29.5 Å². The molecule has 2 nitrogen and oxygen atoms in total. The number of anilines is 1. The van der Waals surface area contributed by atoms with Crippen LogP contribution >= 0.6 is 11.8 Å². The second-order valence-electron chi connectivity index (χ2n) is 5.43. The summed E-state index contributed by atoms with van der Waals surface area (Å²) in [5.41, 5.74) is 2.45. The highest BCUT2D eigenvalue weighted by Gasteiger charge is 2.28. The van der Waals surface area contributed by atoms with Gasteiger partial charge in [-0.1, -0.05) is 19.1 Å². The summed E-state index contributed by atoms with van der Waals surface area (Å²) in [6.45, 7) is 2.48. The number of carbonyl (C=O) groups excluding carboxylic acids is 1. The van der Waals surface area contributed by atoms with Crippen molar-refractivity contribution >= 4 is 23.4 Å². The number of hydrogen-bond acceptors (Lipinski definition) is 2. The first kappa shape index (κ1) is 16.0. The lowest BCUT2D eigenvalue weighted by Gasteiger charge is -2.17. The number of amides is 1. The van der Waals surface area contributed by atoms with Crippen molar-refractivity contribution in [2.45, 2.75) is 19.1 Å². The number of thioether (sulfide) groups is 1. The van der Waals surface area contributed by atoms with Gasteiger partial charge in [-0.3, -0.25) is 4.79 Å². The Balaban J connectivity index is 1.83. The van der Waals surface area contributed by atoms with Crippen LogP contribution < -0.4 is 4.90 Å². The summed E-state index contributed by atoms with van der Waals surface area (Å²) >= 11 is 1.82. The summed E-state index contributed by atoms with van der Waals surface area (Å²) in [4.78, 5) is 14.1. The Morgan fingerprint density at radius 3 is 2.65 bits per heavy atom. The highest BCUT2D eigenvalue weighted by atomic mass is 32.2. The molecule has 1 amide bonds. The molecule has 0 atom stereocenters. The first-order valence-electron chi connectivity index (χ1n) is 7.56. The first-order valence-corrected chi connectivity index (χ1v) is 8.72. The molecule has 0 aromatic heterocycles. The van der Waals surface area contributed by atoms with Crippen LogP contribution in [-0.4, -0.2) is 18.2 Å². The Kier molecular flexibility index (Phi) is 4.66. The van der Waals surface area contributed by atoms with Crippen LogP contribution in [0.2, 0.25) is 0 Å². The molecular weight excluding hydrogens is 316 g/mol. The normalized spacial score (nSPS) is 13.3. The van der Waals surface area contributed by atoms with Crippen LogP contribution in [-0.2, 0) is 12.2 Å². The molecule has 0 bridgehead atoms. The molecule has 0 spiro atoms. The molecule has 2 aromatic carbocycles. The highest BCUT2D eigenvalue weighted by Crippen LogP contribution is 2.32. The predicted molar refractivity (Wildman–Crippen MR) is 90.0 cm³/mol. The Morgan fingerprint density at radius 1 is 1.22 bits per heavy atom. The Morgan fingerprint density at radius 2 is 1.96 bits per heavy atom. The summed E-state index contributed by atoms with van der Waals surface area (Å²) in [7, 11) is 0. The van der Waals surface area contributed by atoms with Gasteiger partial charge >= 0.3 is 0 Å². The van der Waals surface area contributed by atoms with Gasteiger partial charge in [0.2, 0.25) is 0 Å². The van der Waals surface area contributed by atoms with Gasteiger partial charge in [-0.25, -0.2) is 8.78 Å². The van der Waals surface area contributed by atoms with E-state index in [4.69, 9.17) is 0 Å². The van der Waals surface area contributed by atoms with E-state index in [1.807, 2.05) is 23.9 Å². The zero-order chi connectivity index (χ0) is 16.4. The second-order valence-corrected chi connectivity index (χ2v) is 6.70. The van der Waals surface area contributed by atoms with E-state index in [-0.39, 0.29) is 5.91 Å². The van der Waals surface area contributed by atoms with Crippen molar-refractivity contribution in [1.29, 1.82) is 0 Å². The van der Waals surface area contributed by atoms with Gasteiger partial charge in [0.1, 0.15) is 11.6 Å². The second kappa shape index (κ2) is 6.71. The number of nitrogens with zero attached hydrogens (tertiary/aromatic N) is 1. The largest absolute Gasteiger partial charge is 0.308 e. The van der Waals surface area contributed by atoms with Crippen molar-refractivity contribution in [2.24, 2.45) is 0 Å². The van der Waals surface area contributed by atoms with E-state index in [1.165, 1.54) is 11.0 Å². The third kappa shape index (κ3) is 3.24. The molecule has 0 aliphatic carbocycles. The number of rotatable bonds is 4. The summed E-state index contributed by atoms with van der Waals surface area (Å²) in [5.74, 6) is 0.495. The van der Waals surface area contributed by atoms with Crippen LogP contribution in [0.15, 0.2) is 36.4 Å². The average molecular weight is 333 g/mol. The van der Waals surface area contributed by atoms with Crippen molar-refractivity contribution in [2.75, 3.05) is 17.2 Å². The molecule has 23 heavy (non-hydrogen) atoms. The summed E-state index contributed by atoms with van der Waals surface area (Å²) in [5, 5.41) is 0. The smallest absolute Gasteiger partial charge is 0.258 e. The lowest BCUT2D eigenvalue weighted by atomic mass is 10.1. The molecule has 1 aliphatic heterocycles. The molecule has 5 heteroatoms. The third-order valence-corrected chi connectivity index (χ3v) is 4.88. The number of hydrogen-bond donors (Lipinski definition) is 0. The van der Waals surface area contributed by atoms with Crippen molar-refractivity contribution in [1.82, 2.24) is 0 Å². The summed E-state index contributed by atoms with van der Waals surface area (Å²) < 4.78 is 27.2. The SMILES string of the molecule is CCSCc1ccc(C(=O)N2CCc3c(F)cc(F)cc32)cc1. The van der Waals surface area contributed by atoms with Crippen molar-refractivity contribution in [3.05, 3.63) is 64.7 Å². The van der Waals surface area contributed by atoms with E-state index in [1.54, 1.807) is 12.1 Å². The van der Waals surface area contributed by atoms with Gasteiger partial charge in [-0.05, 0) is 35.9 Å². The zero-order valence-corrected chi connectivity index (χ0v) is 13.6. The molecule has 0 radical (unpaired) electrons. The fourth-order valence-electron chi connectivity index (χ4n) is 2.75. The molecule has 0 N–H and O–H groups in total. The monoisotopic (exact) mass is 333 g/mol. The maximum absolute atomic E-state index is 13.8. The van der Waals surface area contributed by atoms with Gasteiger partial charge in [-0.2, -0.15) is 11.8 Å². The van der Waals surface area contributed by atoms with Crippen molar-refractivity contribution < 1.29 is 13.6 Å². The molecule has 0 saturated heterocycles. The van der Waals surface area contributed by atoms with Gasteiger partial charge in [0.15, 0.2) is 0 Å². The van der Waals surface area contributed by atoms with E-state index in [0.29, 0.717) is 29.8 Å². The fraction of sp³-hybridized carbons (Fsp3) is 0.278. The molecular formula is C18H17F2NOS. The molecule has 0 saturated carbocycles. The molecule has 2 aromatic rings. The van der Waals surface area contributed by atoms with Gasteiger partial charge in [-0.15, -0.1) is 0 Å². The average Bonchev–Trinajstić information content (AvgIpc) is 2.96. The zero-order valence-electron chi connectivity index (χ0n) is 12.8. The Hall–Kier alpha value is -1.88. The van der Waals surface area contributed by atoms with E-state index < -0.39 is 11.6 Å². The van der Waals surface area contributed by atoms with Crippen molar-refractivity contribution in [3.63, 3.8) is 0 Å². The van der Waals surface area contributed by atoms with Crippen LogP contribution in [0.25, 0.3) is 0 Å². The summed E-state index contributed by atoms with van der Waals surface area (Å²) in [6.07, 6.45) is 0.415. The Labute approximate surface area is 138 Å². The standard InChI is InChI=1S/C18H17F2NOS/c1-2-23-11-12-3-5-13(6-4-12)18(22)21-8-7-15-16(20)9-14(19)10-17(15)21/h3-6,9-10H,2,7-8,11H2,1H3. The highest BCUT2D eigenvalue weighted by molar-refractivity contribution is 7.98. The van der Waals surface area contributed by atoms with Crippen LogP contribution in [0.5, 0.6) is 0 Å². The topological polar surface area (TPSA) is 20.3 Å². The first-order chi connectivity index (χ1) is 11.1. The molecule has 120 valence electrons. The molecule has 0 fully saturated rings. The molecule has 1 aliphatic rings. The minimum absolute atomic E-state index is 0.219. The van der Waals surface area contributed by atoms with E-state index >= 15 is 0 Å². The van der Waals surface area contributed by atoms with E-state index in [2.05, 4.69) is 6.92 Å². The van der Waals surface area contributed by atoms with Crippen LogP contribution in [0.1, 0.15) is 28.4 Å². The minimum Gasteiger partial charge on any atom is -0.308 e. The van der Waals surface area contributed by atoms with Crippen LogP contribution in [0.4, 0.5) is 14.5 Å². The lowest BCUT2D eigenvalue weighted by molar-refractivity contribution is 0.0989. The molecule has 1 heterocycles. The summed E-state index contributed by atoms with van der Waals surface area (Å²) in [6, 6.07) is 9.52. The third-order valence-electron chi connectivity index (χ3n) is 3.93. The van der Waals surface area contributed by atoms with E-state index in [9.17, 15) is 13.6 Å². The number of carbonyl (C=O) groups is 1. The number of fused-ring (bicyclic) bond motifs is 1. The number of benzene rings is 2. The maximum Gasteiger partial charge on any atom is 0.258 e. The Bertz CT molecular complexity index is 731. The minimum atomic E-state index is -0.659. The predicted octanol–water partition coefficient (Wildman–Crippen LogP) is 4.42. The van der Waals surface area contributed by atoms with Crippen LogP contribution in [0.3, 0.4) is 0 Å². The van der Waals surface area contributed by atoms with E-state index in [0.717, 1.165) is 23.1 Å². The van der Waals surface area contributed by atoms with Gasteiger partial charge in [0.05, 0.1) is 5.69 Å². The lowest BCUT2D eigenvalue weighted by Crippen LogP contribution is -2.28. The quantitative estimate of drug-likeness (QED) is 0.825.